The van der Waals surface area contributed by atoms with E-state index in [9.17, 15) is 22.8 Å². The second-order valence-electron chi connectivity index (χ2n) is 5.43. The first kappa shape index (κ1) is 19.3. The molecular formula is C18H16F3NO4. The van der Waals surface area contributed by atoms with Gasteiger partial charge in [-0.05, 0) is 18.2 Å². The molecular weight excluding hydrogens is 351 g/mol. The zero-order valence-corrected chi connectivity index (χ0v) is 13.8. The highest BCUT2D eigenvalue weighted by Crippen LogP contribution is 2.20. The molecule has 0 spiro atoms. The van der Waals surface area contributed by atoms with E-state index in [4.69, 9.17) is 9.84 Å². The highest BCUT2D eigenvalue weighted by molar-refractivity contribution is 5.94. The highest BCUT2D eigenvalue weighted by atomic mass is 19.2. The molecule has 2 rings (SSSR count). The minimum Gasteiger partial charge on any atom is -0.497 e. The number of carbonyl (C=O) groups is 2. The Kier molecular flexibility index (Phi) is 6.21. The Morgan fingerprint density at radius 2 is 1.85 bits per heavy atom. The molecule has 2 aromatic rings. The molecule has 0 fully saturated rings. The molecule has 0 aliphatic rings. The van der Waals surface area contributed by atoms with Crippen LogP contribution < -0.4 is 4.74 Å². The number of ether oxygens (including phenoxy) is 1. The number of hydrogen-bond donors (Lipinski definition) is 1. The molecule has 0 heterocycles. The molecule has 0 unspecified atom stereocenters. The van der Waals surface area contributed by atoms with Crippen LogP contribution in [0.1, 0.15) is 22.3 Å². The molecule has 1 amide bonds. The van der Waals surface area contributed by atoms with Crippen molar-refractivity contribution in [2.75, 3.05) is 13.7 Å². The molecule has 0 aromatic heterocycles. The summed E-state index contributed by atoms with van der Waals surface area (Å²) in [6.07, 6.45) is -0.430. The van der Waals surface area contributed by atoms with Gasteiger partial charge in [-0.1, -0.05) is 12.1 Å². The van der Waals surface area contributed by atoms with Crippen LogP contribution in [0.2, 0.25) is 0 Å². The summed E-state index contributed by atoms with van der Waals surface area (Å²) >= 11 is 0. The highest BCUT2D eigenvalue weighted by Gasteiger charge is 2.22. The largest absolute Gasteiger partial charge is 0.497 e. The molecule has 0 atom stereocenters. The number of aliphatic carboxylic acids is 1. The van der Waals surface area contributed by atoms with E-state index in [-0.39, 0.29) is 23.4 Å². The first-order valence-corrected chi connectivity index (χ1v) is 7.61. The van der Waals surface area contributed by atoms with Crippen molar-refractivity contribution in [1.29, 1.82) is 0 Å². The number of methoxy groups -OCH3 is 1. The molecule has 0 saturated carbocycles. The maximum atomic E-state index is 14.2. The third kappa shape index (κ3) is 4.53. The third-order valence-corrected chi connectivity index (χ3v) is 3.68. The number of carboxylic acids is 1. The average Bonchev–Trinajstić information content (AvgIpc) is 2.61. The summed E-state index contributed by atoms with van der Waals surface area (Å²) in [6, 6.07) is 7.02. The van der Waals surface area contributed by atoms with E-state index in [1.165, 1.54) is 31.4 Å². The summed E-state index contributed by atoms with van der Waals surface area (Å²) in [5.41, 5.74) is -0.467. The molecule has 26 heavy (non-hydrogen) atoms. The van der Waals surface area contributed by atoms with E-state index >= 15 is 0 Å². The molecule has 0 bridgehead atoms. The van der Waals surface area contributed by atoms with Crippen molar-refractivity contribution in [1.82, 2.24) is 4.90 Å². The minimum absolute atomic E-state index is 0.141. The standard InChI is InChI=1S/C18H16F3NO4/c1-26-12-5-6-13(15(20)9-12)18(25)22(8-7-16(23)24)10-11-3-2-4-14(19)17(11)21/h2-6,9H,7-8,10H2,1H3,(H,23,24). The van der Waals surface area contributed by atoms with Crippen LogP contribution in [-0.4, -0.2) is 35.5 Å². The lowest BCUT2D eigenvalue weighted by Gasteiger charge is -2.23. The van der Waals surface area contributed by atoms with E-state index in [1.54, 1.807) is 0 Å². The Balaban J connectivity index is 2.32. The van der Waals surface area contributed by atoms with Crippen molar-refractivity contribution < 1.29 is 32.6 Å². The summed E-state index contributed by atoms with van der Waals surface area (Å²) in [6.45, 7) is -0.698. The number of hydrogen-bond acceptors (Lipinski definition) is 3. The van der Waals surface area contributed by atoms with Crippen molar-refractivity contribution in [2.45, 2.75) is 13.0 Å². The zero-order chi connectivity index (χ0) is 19.3. The molecule has 1 N–H and O–H groups in total. The van der Waals surface area contributed by atoms with Crippen molar-refractivity contribution in [2.24, 2.45) is 0 Å². The van der Waals surface area contributed by atoms with Crippen LogP contribution in [0.3, 0.4) is 0 Å². The van der Waals surface area contributed by atoms with Crippen molar-refractivity contribution in [3.63, 3.8) is 0 Å². The molecule has 0 saturated heterocycles. The normalized spacial score (nSPS) is 10.5. The zero-order valence-electron chi connectivity index (χ0n) is 13.8. The predicted octanol–water partition coefficient (Wildman–Crippen LogP) is 3.23. The van der Waals surface area contributed by atoms with Gasteiger partial charge in [-0.25, -0.2) is 13.2 Å². The number of halogens is 3. The van der Waals surface area contributed by atoms with Crippen molar-refractivity contribution in [3.05, 3.63) is 65.0 Å². The monoisotopic (exact) mass is 367 g/mol. The number of carbonyl (C=O) groups excluding carboxylic acids is 1. The van der Waals surface area contributed by atoms with Gasteiger partial charge in [0, 0.05) is 24.7 Å². The Morgan fingerprint density at radius 1 is 1.12 bits per heavy atom. The smallest absolute Gasteiger partial charge is 0.305 e. The SMILES string of the molecule is COc1ccc(C(=O)N(CCC(=O)O)Cc2cccc(F)c2F)c(F)c1. The molecule has 2 aromatic carbocycles. The van der Waals surface area contributed by atoms with Crippen LogP contribution in [0.4, 0.5) is 13.2 Å². The van der Waals surface area contributed by atoms with Crippen molar-refractivity contribution >= 4 is 11.9 Å². The van der Waals surface area contributed by atoms with Crippen molar-refractivity contribution in [3.8, 4) is 5.75 Å². The third-order valence-electron chi connectivity index (χ3n) is 3.68. The van der Waals surface area contributed by atoms with Gasteiger partial charge in [0.2, 0.25) is 0 Å². The van der Waals surface area contributed by atoms with Crippen LogP contribution in [0, 0.1) is 17.5 Å². The summed E-state index contributed by atoms with van der Waals surface area (Å²) in [4.78, 5) is 24.4. The van der Waals surface area contributed by atoms with Gasteiger partial charge in [0.1, 0.15) is 11.6 Å². The number of carboxylic acid groups (broad SMARTS) is 1. The van der Waals surface area contributed by atoms with Gasteiger partial charge in [0.25, 0.3) is 5.91 Å². The van der Waals surface area contributed by atoms with E-state index in [0.717, 1.165) is 17.0 Å². The summed E-state index contributed by atoms with van der Waals surface area (Å²) < 4.78 is 46.3. The topological polar surface area (TPSA) is 66.8 Å². The maximum absolute atomic E-state index is 14.2. The van der Waals surface area contributed by atoms with Gasteiger partial charge in [-0.2, -0.15) is 0 Å². The molecule has 0 aliphatic carbocycles. The van der Waals surface area contributed by atoms with Crippen LogP contribution in [0.25, 0.3) is 0 Å². The Bertz CT molecular complexity index is 826. The first-order chi connectivity index (χ1) is 12.3. The summed E-state index contributed by atoms with van der Waals surface area (Å²) in [7, 11) is 1.34. The van der Waals surface area contributed by atoms with Crippen LogP contribution in [-0.2, 0) is 11.3 Å². The first-order valence-electron chi connectivity index (χ1n) is 7.61. The lowest BCUT2D eigenvalue weighted by Crippen LogP contribution is -2.33. The van der Waals surface area contributed by atoms with Crippen LogP contribution in [0.5, 0.6) is 5.75 Å². The van der Waals surface area contributed by atoms with Gasteiger partial charge < -0.3 is 14.7 Å². The number of nitrogens with zero attached hydrogens (tertiary/aromatic N) is 1. The van der Waals surface area contributed by atoms with Crippen LogP contribution >= 0.6 is 0 Å². The lowest BCUT2D eigenvalue weighted by molar-refractivity contribution is -0.137. The predicted molar refractivity (Wildman–Crippen MR) is 86.3 cm³/mol. The van der Waals surface area contributed by atoms with Gasteiger partial charge in [-0.15, -0.1) is 0 Å². The molecule has 138 valence electrons. The van der Waals surface area contributed by atoms with Gasteiger partial charge >= 0.3 is 5.97 Å². The molecule has 8 heteroatoms. The van der Waals surface area contributed by atoms with Gasteiger partial charge in [0.05, 0.1) is 19.1 Å². The second kappa shape index (κ2) is 8.37. The summed E-state index contributed by atoms with van der Waals surface area (Å²) in [5.74, 6) is -4.92. The molecule has 5 nitrogen and oxygen atoms in total. The molecule has 0 aliphatic heterocycles. The summed E-state index contributed by atoms with van der Waals surface area (Å²) in [5, 5.41) is 8.84. The lowest BCUT2D eigenvalue weighted by atomic mass is 10.1. The number of rotatable bonds is 7. The van der Waals surface area contributed by atoms with Gasteiger partial charge in [-0.3, -0.25) is 9.59 Å². The molecule has 0 radical (unpaired) electrons. The van der Waals surface area contributed by atoms with E-state index < -0.39 is 42.3 Å². The fraction of sp³-hybridized carbons (Fsp3) is 0.222. The average molecular weight is 367 g/mol. The number of amides is 1. The van der Waals surface area contributed by atoms with Gasteiger partial charge in [0.15, 0.2) is 11.6 Å². The van der Waals surface area contributed by atoms with E-state index in [0.29, 0.717) is 0 Å². The quantitative estimate of drug-likeness (QED) is 0.816. The number of benzene rings is 2. The maximum Gasteiger partial charge on any atom is 0.305 e. The Hall–Kier alpha value is -3.03. The van der Waals surface area contributed by atoms with Crippen LogP contribution in [0.15, 0.2) is 36.4 Å². The fourth-order valence-electron chi connectivity index (χ4n) is 2.33. The fourth-order valence-corrected chi connectivity index (χ4v) is 2.33. The Labute approximate surface area is 147 Å². The van der Waals surface area contributed by atoms with E-state index in [2.05, 4.69) is 0 Å². The van der Waals surface area contributed by atoms with E-state index in [1.807, 2.05) is 0 Å². The second-order valence-corrected chi connectivity index (χ2v) is 5.43. The Morgan fingerprint density at radius 3 is 2.46 bits per heavy atom. The minimum atomic E-state index is -1.18.